The van der Waals surface area contributed by atoms with E-state index < -0.39 is 16.0 Å². The average Bonchev–Trinajstić information content (AvgIpc) is 2.82. The first-order valence-electron chi connectivity index (χ1n) is 5.46. The molecule has 18 heavy (non-hydrogen) atoms. The normalized spacial score (nSPS) is 16.9. The van der Waals surface area contributed by atoms with Gasteiger partial charge in [-0.1, -0.05) is 11.6 Å². The fraction of sp³-hybridized carbons (Fsp3) is 0.364. The van der Waals surface area contributed by atoms with Crippen LogP contribution in [0.3, 0.4) is 0 Å². The zero-order chi connectivity index (χ0) is 13.3. The minimum Gasteiger partial charge on any atom is -0.478 e. The van der Waals surface area contributed by atoms with Crippen molar-refractivity contribution in [1.82, 2.24) is 4.31 Å². The Morgan fingerprint density at radius 3 is 2.44 bits per heavy atom. The topological polar surface area (TPSA) is 74.7 Å². The number of carboxylic acids is 1. The lowest BCUT2D eigenvalue weighted by Gasteiger charge is -2.17. The van der Waals surface area contributed by atoms with Crippen molar-refractivity contribution in [2.75, 3.05) is 13.1 Å². The molecule has 0 atom stereocenters. The summed E-state index contributed by atoms with van der Waals surface area (Å²) in [5.74, 6) is -1.27. The number of carbonyl (C=O) groups is 1. The van der Waals surface area contributed by atoms with Gasteiger partial charge >= 0.3 is 5.97 Å². The van der Waals surface area contributed by atoms with Gasteiger partial charge in [0.05, 0.1) is 10.5 Å². The standard InChI is InChI=1S/C11H12ClNO4S/c12-8-3-4-9(11(14)15)10(7-8)18(16,17)13-5-1-2-6-13/h3-4,7H,1-2,5-6H2,(H,14,15). The Morgan fingerprint density at radius 1 is 1.28 bits per heavy atom. The Kier molecular flexibility index (Phi) is 3.61. The van der Waals surface area contributed by atoms with E-state index in [9.17, 15) is 13.2 Å². The number of halogens is 1. The van der Waals surface area contributed by atoms with Crippen molar-refractivity contribution >= 4 is 27.6 Å². The van der Waals surface area contributed by atoms with Crippen LogP contribution in [0.5, 0.6) is 0 Å². The van der Waals surface area contributed by atoms with E-state index in [1.54, 1.807) is 0 Å². The third-order valence-corrected chi connectivity index (χ3v) is 5.03. The van der Waals surface area contributed by atoms with Crippen molar-refractivity contribution < 1.29 is 18.3 Å². The van der Waals surface area contributed by atoms with E-state index in [1.807, 2.05) is 0 Å². The van der Waals surface area contributed by atoms with Gasteiger partial charge in [0.2, 0.25) is 10.0 Å². The lowest BCUT2D eigenvalue weighted by molar-refractivity contribution is 0.0692. The predicted octanol–water partition coefficient (Wildman–Crippen LogP) is 1.82. The van der Waals surface area contributed by atoms with Gasteiger partial charge in [-0.15, -0.1) is 0 Å². The van der Waals surface area contributed by atoms with E-state index in [4.69, 9.17) is 16.7 Å². The third kappa shape index (κ3) is 2.36. The molecule has 0 spiro atoms. The SMILES string of the molecule is O=C(O)c1ccc(Cl)cc1S(=O)(=O)N1CCCC1. The van der Waals surface area contributed by atoms with Gasteiger partial charge < -0.3 is 5.11 Å². The maximum atomic E-state index is 12.3. The Labute approximate surface area is 110 Å². The van der Waals surface area contributed by atoms with Crippen molar-refractivity contribution in [1.29, 1.82) is 0 Å². The summed E-state index contributed by atoms with van der Waals surface area (Å²) in [6.07, 6.45) is 1.59. The van der Waals surface area contributed by atoms with Crippen LogP contribution in [0.2, 0.25) is 5.02 Å². The Bertz CT molecular complexity index is 579. The van der Waals surface area contributed by atoms with E-state index in [2.05, 4.69) is 0 Å². The summed E-state index contributed by atoms with van der Waals surface area (Å²) >= 11 is 5.76. The molecule has 98 valence electrons. The lowest BCUT2D eigenvalue weighted by atomic mass is 10.2. The molecule has 1 aliphatic rings. The maximum absolute atomic E-state index is 12.3. The van der Waals surface area contributed by atoms with E-state index in [0.29, 0.717) is 13.1 Å². The molecule has 0 aliphatic carbocycles. The van der Waals surface area contributed by atoms with Crippen molar-refractivity contribution in [3.8, 4) is 0 Å². The van der Waals surface area contributed by atoms with Crippen LogP contribution in [0.4, 0.5) is 0 Å². The third-order valence-electron chi connectivity index (χ3n) is 2.86. The largest absolute Gasteiger partial charge is 0.478 e. The summed E-state index contributed by atoms with van der Waals surface area (Å²) in [6.45, 7) is 0.849. The van der Waals surface area contributed by atoms with E-state index in [1.165, 1.54) is 22.5 Å². The van der Waals surface area contributed by atoms with Gasteiger partial charge in [0.25, 0.3) is 0 Å². The molecule has 1 aromatic rings. The zero-order valence-corrected chi connectivity index (χ0v) is 11.0. The molecule has 0 saturated carbocycles. The predicted molar refractivity (Wildman–Crippen MR) is 66.4 cm³/mol. The average molecular weight is 290 g/mol. The highest BCUT2D eigenvalue weighted by Crippen LogP contribution is 2.26. The molecule has 7 heteroatoms. The Balaban J connectivity index is 2.55. The van der Waals surface area contributed by atoms with Crippen LogP contribution in [-0.2, 0) is 10.0 Å². The fourth-order valence-electron chi connectivity index (χ4n) is 1.95. The smallest absolute Gasteiger partial charge is 0.337 e. The van der Waals surface area contributed by atoms with Gasteiger partial charge in [-0.25, -0.2) is 13.2 Å². The number of nitrogens with zero attached hydrogens (tertiary/aromatic N) is 1. The molecule has 2 rings (SSSR count). The molecule has 0 bridgehead atoms. The van der Waals surface area contributed by atoms with E-state index in [0.717, 1.165) is 12.8 Å². The van der Waals surface area contributed by atoms with Crippen molar-refractivity contribution in [2.45, 2.75) is 17.7 Å². The molecule has 0 radical (unpaired) electrons. The van der Waals surface area contributed by atoms with Crippen molar-refractivity contribution in [3.63, 3.8) is 0 Å². The molecule has 1 heterocycles. The molecule has 0 unspecified atom stereocenters. The number of hydrogen-bond acceptors (Lipinski definition) is 3. The monoisotopic (exact) mass is 289 g/mol. The van der Waals surface area contributed by atoms with Crippen molar-refractivity contribution in [2.24, 2.45) is 0 Å². The minimum absolute atomic E-state index is 0.206. The summed E-state index contributed by atoms with van der Waals surface area (Å²) in [6, 6.07) is 3.78. The Morgan fingerprint density at radius 2 is 1.89 bits per heavy atom. The molecule has 0 aromatic heterocycles. The first-order valence-corrected chi connectivity index (χ1v) is 7.28. The molecule has 0 amide bonds. The van der Waals surface area contributed by atoms with Crippen LogP contribution in [-0.4, -0.2) is 36.9 Å². The number of hydrogen-bond donors (Lipinski definition) is 1. The van der Waals surface area contributed by atoms with Gasteiger partial charge in [-0.05, 0) is 31.0 Å². The minimum atomic E-state index is -3.77. The highest BCUT2D eigenvalue weighted by atomic mass is 35.5. The first-order chi connectivity index (χ1) is 8.43. The van der Waals surface area contributed by atoms with Gasteiger partial charge in [-0.2, -0.15) is 4.31 Å². The summed E-state index contributed by atoms with van der Waals surface area (Å²) in [7, 11) is -3.77. The summed E-state index contributed by atoms with van der Waals surface area (Å²) in [5, 5.41) is 9.24. The second-order valence-corrected chi connectivity index (χ2v) is 6.40. The van der Waals surface area contributed by atoms with Crippen LogP contribution < -0.4 is 0 Å². The van der Waals surface area contributed by atoms with Crippen molar-refractivity contribution in [3.05, 3.63) is 28.8 Å². The molecule has 1 saturated heterocycles. The quantitative estimate of drug-likeness (QED) is 0.921. The maximum Gasteiger partial charge on any atom is 0.337 e. The highest BCUT2D eigenvalue weighted by Gasteiger charge is 2.31. The molecule has 1 aromatic carbocycles. The molecule has 1 aliphatic heterocycles. The fourth-order valence-corrected chi connectivity index (χ4v) is 3.92. The van der Waals surface area contributed by atoms with Gasteiger partial charge in [0.1, 0.15) is 0 Å². The zero-order valence-electron chi connectivity index (χ0n) is 9.47. The number of sulfonamides is 1. The van der Waals surface area contributed by atoms with Gasteiger partial charge in [0, 0.05) is 18.1 Å². The lowest BCUT2D eigenvalue weighted by Crippen LogP contribution is -2.29. The molecular weight excluding hydrogens is 278 g/mol. The van der Waals surface area contributed by atoms with Gasteiger partial charge in [-0.3, -0.25) is 0 Å². The summed E-state index contributed by atoms with van der Waals surface area (Å²) in [4.78, 5) is 10.8. The first kappa shape index (κ1) is 13.3. The van der Waals surface area contributed by atoms with E-state index in [-0.39, 0.29) is 15.5 Å². The van der Waals surface area contributed by atoms with Gasteiger partial charge in [0.15, 0.2) is 0 Å². The summed E-state index contributed by atoms with van der Waals surface area (Å²) < 4.78 is 25.9. The van der Waals surface area contributed by atoms with Crippen LogP contribution in [0, 0.1) is 0 Å². The second-order valence-electron chi connectivity index (χ2n) is 4.06. The number of carboxylic acid groups (broad SMARTS) is 1. The highest BCUT2D eigenvalue weighted by molar-refractivity contribution is 7.89. The number of rotatable bonds is 3. The summed E-state index contributed by atoms with van der Waals surface area (Å²) in [5.41, 5.74) is -0.244. The molecule has 5 nitrogen and oxygen atoms in total. The number of aromatic carboxylic acids is 1. The van der Waals surface area contributed by atoms with E-state index >= 15 is 0 Å². The van der Waals surface area contributed by atoms with Crippen LogP contribution in [0.15, 0.2) is 23.1 Å². The molecular formula is C11H12ClNO4S. The van der Waals surface area contributed by atoms with Crippen LogP contribution >= 0.6 is 11.6 Å². The molecule has 1 fully saturated rings. The van der Waals surface area contributed by atoms with Crippen LogP contribution in [0.25, 0.3) is 0 Å². The second kappa shape index (κ2) is 4.87. The number of benzene rings is 1. The Hall–Kier alpha value is -1.11. The molecule has 1 N–H and O–H groups in total. The van der Waals surface area contributed by atoms with Crippen LogP contribution in [0.1, 0.15) is 23.2 Å².